The summed E-state index contributed by atoms with van der Waals surface area (Å²) in [6, 6.07) is 18.7. The van der Waals surface area contributed by atoms with Gasteiger partial charge in [-0.25, -0.2) is 0 Å². The number of benzene rings is 2. The lowest BCUT2D eigenvalue weighted by Gasteiger charge is -2.16. The Bertz CT molecular complexity index is 645. The second-order valence-corrected chi connectivity index (χ2v) is 7.41. The largest absolute Gasteiger partial charge is 0.325 e. The molecule has 0 bridgehead atoms. The zero-order valence-corrected chi connectivity index (χ0v) is 16.0. The number of hydrogen-bond acceptors (Lipinski definition) is 3. The molecule has 3 nitrogen and oxygen atoms in total. The molecule has 0 atom stereocenters. The monoisotopic (exact) mass is 356 g/mol. The summed E-state index contributed by atoms with van der Waals surface area (Å²) in [5, 5.41) is 2.90. The highest BCUT2D eigenvalue weighted by atomic mass is 32.2. The zero-order chi connectivity index (χ0) is 17.9. The maximum absolute atomic E-state index is 11.3. The van der Waals surface area contributed by atoms with Crippen LogP contribution in [0.25, 0.3) is 0 Å². The number of nitrogens with one attached hydrogen (secondary N) is 1. The molecule has 4 heteroatoms. The van der Waals surface area contributed by atoms with Crippen LogP contribution in [0.3, 0.4) is 0 Å². The van der Waals surface area contributed by atoms with Gasteiger partial charge in [-0.15, -0.1) is 11.8 Å². The van der Waals surface area contributed by atoms with Crippen molar-refractivity contribution in [1.29, 1.82) is 0 Å². The molecule has 0 spiro atoms. The Morgan fingerprint density at radius 1 is 1.00 bits per heavy atom. The van der Waals surface area contributed by atoms with Crippen LogP contribution in [0.5, 0.6) is 0 Å². The van der Waals surface area contributed by atoms with Gasteiger partial charge in [-0.1, -0.05) is 42.5 Å². The van der Waals surface area contributed by atoms with Gasteiger partial charge in [-0.05, 0) is 56.3 Å². The Kier molecular flexibility index (Phi) is 8.56. The summed E-state index contributed by atoms with van der Waals surface area (Å²) in [5.74, 6) is 1.05. The average molecular weight is 357 g/mol. The van der Waals surface area contributed by atoms with E-state index in [1.54, 1.807) is 6.92 Å². The SMILES string of the molecule is CC(=O)Nc1ccccc1SCCCCN(C)CCc1ccccc1. The van der Waals surface area contributed by atoms with E-state index in [1.165, 1.54) is 18.4 Å². The zero-order valence-electron chi connectivity index (χ0n) is 15.2. The Balaban J connectivity index is 1.62. The van der Waals surface area contributed by atoms with E-state index in [4.69, 9.17) is 0 Å². The number of carbonyl (C=O) groups excluding carboxylic acids is 1. The summed E-state index contributed by atoms with van der Waals surface area (Å²) in [5.41, 5.74) is 2.32. The van der Waals surface area contributed by atoms with Gasteiger partial charge in [0, 0.05) is 18.4 Å². The summed E-state index contributed by atoms with van der Waals surface area (Å²) < 4.78 is 0. The normalized spacial score (nSPS) is 10.8. The molecule has 0 aromatic heterocycles. The van der Waals surface area contributed by atoms with Crippen molar-refractivity contribution < 1.29 is 4.79 Å². The van der Waals surface area contributed by atoms with E-state index in [-0.39, 0.29) is 5.91 Å². The Labute approximate surface area is 155 Å². The minimum absolute atomic E-state index is 0.0203. The first-order valence-corrected chi connectivity index (χ1v) is 9.85. The van der Waals surface area contributed by atoms with Crippen LogP contribution in [-0.4, -0.2) is 36.7 Å². The van der Waals surface area contributed by atoms with Crippen LogP contribution >= 0.6 is 11.8 Å². The van der Waals surface area contributed by atoms with E-state index in [1.807, 2.05) is 30.0 Å². The molecule has 0 aliphatic heterocycles. The minimum atomic E-state index is -0.0203. The Morgan fingerprint density at radius 3 is 2.48 bits per heavy atom. The highest BCUT2D eigenvalue weighted by Crippen LogP contribution is 2.27. The summed E-state index contributed by atoms with van der Waals surface area (Å²) in [6.45, 7) is 3.77. The van der Waals surface area contributed by atoms with Crippen molar-refractivity contribution in [3.63, 3.8) is 0 Å². The van der Waals surface area contributed by atoms with Crippen molar-refractivity contribution in [2.45, 2.75) is 31.1 Å². The van der Waals surface area contributed by atoms with Gasteiger partial charge in [-0.3, -0.25) is 4.79 Å². The summed E-state index contributed by atoms with van der Waals surface area (Å²) >= 11 is 1.82. The van der Waals surface area contributed by atoms with E-state index >= 15 is 0 Å². The predicted molar refractivity (Wildman–Crippen MR) is 108 cm³/mol. The minimum Gasteiger partial charge on any atom is -0.325 e. The van der Waals surface area contributed by atoms with E-state index in [0.29, 0.717) is 0 Å². The molecule has 0 unspecified atom stereocenters. The van der Waals surface area contributed by atoms with Crippen LogP contribution in [0.4, 0.5) is 5.69 Å². The van der Waals surface area contributed by atoms with Crippen molar-refractivity contribution >= 4 is 23.4 Å². The summed E-state index contributed by atoms with van der Waals surface area (Å²) in [6.07, 6.45) is 3.48. The van der Waals surface area contributed by atoms with E-state index < -0.39 is 0 Å². The summed E-state index contributed by atoms with van der Waals surface area (Å²) in [7, 11) is 2.20. The lowest BCUT2D eigenvalue weighted by Crippen LogP contribution is -2.22. The number of nitrogens with zero attached hydrogens (tertiary/aromatic N) is 1. The molecule has 0 heterocycles. The first-order valence-electron chi connectivity index (χ1n) is 8.87. The lowest BCUT2D eigenvalue weighted by atomic mass is 10.1. The van der Waals surface area contributed by atoms with Crippen molar-refractivity contribution in [3.05, 3.63) is 60.2 Å². The van der Waals surface area contributed by atoms with Crippen LogP contribution in [0.2, 0.25) is 0 Å². The molecule has 2 aromatic rings. The third-order valence-corrected chi connectivity index (χ3v) is 5.17. The van der Waals surface area contributed by atoms with Crippen molar-refractivity contribution in [2.75, 3.05) is 31.2 Å². The molecule has 0 aliphatic carbocycles. The van der Waals surface area contributed by atoms with Crippen LogP contribution in [0, 0.1) is 0 Å². The Morgan fingerprint density at radius 2 is 1.72 bits per heavy atom. The van der Waals surface area contributed by atoms with Crippen molar-refractivity contribution in [1.82, 2.24) is 4.90 Å². The molecule has 1 amide bonds. The smallest absolute Gasteiger partial charge is 0.221 e. The topological polar surface area (TPSA) is 32.3 Å². The van der Waals surface area contributed by atoms with E-state index in [0.717, 1.165) is 35.8 Å². The number of hydrogen-bond donors (Lipinski definition) is 1. The number of anilines is 1. The number of carbonyl (C=O) groups is 1. The van der Waals surface area contributed by atoms with Gasteiger partial charge >= 0.3 is 0 Å². The van der Waals surface area contributed by atoms with Crippen molar-refractivity contribution in [3.8, 4) is 0 Å². The number of likely N-dealkylation sites (N-methyl/N-ethyl adjacent to an activating group) is 1. The molecule has 134 valence electrons. The number of rotatable bonds is 10. The van der Waals surface area contributed by atoms with Gasteiger partial charge in [0.05, 0.1) is 5.69 Å². The number of para-hydroxylation sites is 1. The van der Waals surface area contributed by atoms with E-state index in [9.17, 15) is 4.79 Å². The molecule has 0 fully saturated rings. The van der Waals surface area contributed by atoms with Crippen LogP contribution in [0.1, 0.15) is 25.3 Å². The number of amides is 1. The quantitative estimate of drug-likeness (QED) is 0.495. The fourth-order valence-corrected chi connectivity index (χ4v) is 3.65. The molecule has 0 saturated carbocycles. The molecular formula is C21H28N2OS. The molecule has 0 radical (unpaired) electrons. The first kappa shape index (κ1) is 19.5. The van der Waals surface area contributed by atoms with Gasteiger partial charge in [0.15, 0.2) is 0 Å². The second-order valence-electron chi connectivity index (χ2n) is 6.27. The highest BCUT2D eigenvalue weighted by molar-refractivity contribution is 7.99. The fourth-order valence-electron chi connectivity index (χ4n) is 2.63. The van der Waals surface area contributed by atoms with Gasteiger partial charge in [0.1, 0.15) is 0 Å². The highest BCUT2D eigenvalue weighted by Gasteiger charge is 2.04. The molecule has 0 aliphatic rings. The van der Waals surface area contributed by atoms with Gasteiger partial charge < -0.3 is 10.2 Å². The molecule has 25 heavy (non-hydrogen) atoms. The Hall–Kier alpha value is -1.78. The first-order chi connectivity index (χ1) is 12.1. The summed E-state index contributed by atoms with van der Waals surface area (Å²) in [4.78, 5) is 14.8. The molecule has 0 saturated heterocycles. The second kappa shape index (κ2) is 11.0. The van der Waals surface area contributed by atoms with Crippen LogP contribution in [-0.2, 0) is 11.2 Å². The van der Waals surface area contributed by atoms with Crippen LogP contribution in [0.15, 0.2) is 59.5 Å². The van der Waals surface area contributed by atoms with Crippen molar-refractivity contribution in [2.24, 2.45) is 0 Å². The van der Waals surface area contributed by atoms with Gasteiger partial charge in [0.25, 0.3) is 0 Å². The van der Waals surface area contributed by atoms with Gasteiger partial charge in [0.2, 0.25) is 5.91 Å². The van der Waals surface area contributed by atoms with E-state index in [2.05, 4.69) is 53.7 Å². The third-order valence-electron chi connectivity index (χ3n) is 4.01. The molecular weight excluding hydrogens is 328 g/mol. The lowest BCUT2D eigenvalue weighted by molar-refractivity contribution is -0.114. The third kappa shape index (κ3) is 7.76. The maximum Gasteiger partial charge on any atom is 0.221 e. The predicted octanol–water partition coefficient (Wildman–Crippen LogP) is 4.69. The molecule has 2 rings (SSSR count). The number of thioether (sulfide) groups is 1. The van der Waals surface area contributed by atoms with Gasteiger partial charge in [-0.2, -0.15) is 0 Å². The fraction of sp³-hybridized carbons (Fsp3) is 0.381. The molecule has 1 N–H and O–H groups in total. The standard InChI is InChI=1S/C21H28N2OS/c1-18(24)22-20-12-6-7-13-21(20)25-17-9-8-15-23(2)16-14-19-10-4-3-5-11-19/h3-7,10-13H,8-9,14-17H2,1-2H3,(H,22,24). The number of unbranched alkanes of at least 4 members (excludes halogenated alkanes) is 1. The van der Waals surface area contributed by atoms with Crippen LogP contribution < -0.4 is 5.32 Å². The average Bonchev–Trinajstić information content (AvgIpc) is 2.61. The molecule has 2 aromatic carbocycles. The maximum atomic E-state index is 11.3.